The molecule has 0 aromatic heterocycles. The van der Waals surface area contributed by atoms with Crippen LogP contribution in [0.3, 0.4) is 0 Å². The molecule has 0 saturated carbocycles. The number of rotatable bonds is 6. The molecule has 122 valence electrons. The van der Waals surface area contributed by atoms with Crippen molar-refractivity contribution in [1.29, 1.82) is 0 Å². The fraction of sp³-hybridized carbons (Fsp3) is 0.235. The van der Waals surface area contributed by atoms with Crippen LogP contribution in [0.25, 0.3) is 0 Å². The lowest BCUT2D eigenvalue weighted by atomic mass is 10.1. The van der Waals surface area contributed by atoms with Gasteiger partial charge in [0.2, 0.25) is 0 Å². The highest BCUT2D eigenvalue weighted by molar-refractivity contribution is 6.01. The SMILES string of the molecule is COc1ccc(OC)c(NC(=O)Nc2ccccc2CCO)c1. The maximum absolute atomic E-state index is 12.2. The molecule has 23 heavy (non-hydrogen) atoms. The number of urea groups is 1. The van der Waals surface area contributed by atoms with Crippen LogP contribution < -0.4 is 20.1 Å². The van der Waals surface area contributed by atoms with Crippen molar-refractivity contribution in [3.8, 4) is 11.5 Å². The van der Waals surface area contributed by atoms with Gasteiger partial charge in [0.25, 0.3) is 0 Å². The van der Waals surface area contributed by atoms with Crippen molar-refractivity contribution >= 4 is 17.4 Å². The first-order valence-electron chi connectivity index (χ1n) is 7.16. The minimum absolute atomic E-state index is 0.0179. The van der Waals surface area contributed by atoms with E-state index in [0.717, 1.165) is 5.56 Å². The Morgan fingerprint density at radius 2 is 1.78 bits per heavy atom. The van der Waals surface area contributed by atoms with Gasteiger partial charge in [0.15, 0.2) is 0 Å². The minimum Gasteiger partial charge on any atom is -0.497 e. The zero-order valence-electron chi connectivity index (χ0n) is 13.1. The zero-order valence-corrected chi connectivity index (χ0v) is 13.1. The molecule has 2 rings (SSSR count). The smallest absolute Gasteiger partial charge is 0.323 e. The number of nitrogens with one attached hydrogen (secondary N) is 2. The molecule has 0 radical (unpaired) electrons. The number of hydrogen-bond donors (Lipinski definition) is 3. The molecule has 0 atom stereocenters. The van der Waals surface area contributed by atoms with Crippen LogP contribution in [0.4, 0.5) is 16.2 Å². The van der Waals surface area contributed by atoms with E-state index < -0.39 is 6.03 Å². The van der Waals surface area contributed by atoms with Crippen LogP contribution in [-0.2, 0) is 6.42 Å². The number of methoxy groups -OCH3 is 2. The van der Waals surface area contributed by atoms with E-state index in [4.69, 9.17) is 14.6 Å². The van der Waals surface area contributed by atoms with Crippen LogP contribution >= 0.6 is 0 Å². The van der Waals surface area contributed by atoms with Crippen molar-refractivity contribution in [2.75, 3.05) is 31.5 Å². The van der Waals surface area contributed by atoms with Crippen molar-refractivity contribution in [3.63, 3.8) is 0 Å². The molecule has 2 aromatic rings. The molecule has 0 aliphatic heterocycles. The molecule has 2 aromatic carbocycles. The van der Waals surface area contributed by atoms with E-state index in [0.29, 0.717) is 29.3 Å². The Morgan fingerprint density at radius 3 is 2.48 bits per heavy atom. The largest absolute Gasteiger partial charge is 0.497 e. The summed E-state index contributed by atoms with van der Waals surface area (Å²) in [6.07, 6.45) is 0.471. The van der Waals surface area contributed by atoms with Gasteiger partial charge in [0, 0.05) is 18.4 Å². The molecule has 0 saturated heterocycles. The number of para-hydroxylation sites is 1. The molecule has 0 unspecified atom stereocenters. The second kappa shape index (κ2) is 8.05. The standard InChI is InChI=1S/C17H20N2O4/c1-22-13-7-8-16(23-2)15(11-13)19-17(21)18-14-6-4-3-5-12(14)9-10-20/h3-8,11,20H,9-10H2,1-2H3,(H2,18,19,21). The summed E-state index contributed by atoms with van der Waals surface area (Å²) in [5, 5.41) is 14.6. The van der Waals surface area contributed by atoms with Crippen LogP contribution in [0, 0.1) is 0 Å². The fourth-order valence-electron chi connectivity index (χ4n) is 2.17. The van der Waals surface area contributed by atoms with E-state index in [1.165, 1.54) is 7.11 Å². The number of carbonyl (C=O) groups is 1. The summed E-state index contributed by atoms with van der Waals surface area (Å²) in [7, 11) is 3.08. The summed E-state index contributed by atoms with van der Waals surface area (Å²) >= 11 is 0. The van der Waals surface area contributed by atoms with Crippen molar-refractivity contribution in [3.05, 3.63) is 48.0 Å². The Labute approximate surface area is 135 Å². The highest BCUT2D eigenvalue weighted by Crippen LogP contribution is 2.29. The maximum atomic E-state index is 12.2. The fourth-order valence-corrected chi connectivity index (χ4v) is 2.17. The Kier molecular flexibility index (Phi) is 5.82. The van der Waals surface area contributed by atoms with Crippen LogP contribution in [0.5, 0.6) is 11.5 Å². The summed E-state index contributed by atoms with van der Waals surface area (Å²) in [6, 6.07) is 12.1. The van der Waals surface area contributed by atoms with Crippen LogP contribution in [0.1, 0.15) is 5.56 Å². The van der Waals surface area contributed by atoms with Gasteiger partial charge in [0.05, 0.1) is 19.9 Å². The lowest BCUT2D eigenvalue weighted by Crippen LogP contribution is -2.20. The van der Waals surface area contributed by atoms with Gasteiger partial charge >= 0.3 is 6.03 Å². The van der Waals surface area contributed by atoms with Gasteiger partial charge in [0.1, 0.15) is 11.5 Å². The van der Waals surface area contributed by atoms with Gasteiger partial charge < -0.3 is 25.2 Å². The van der Waals surface area contributed by atoms with E-state index in [-0.39, 0.29) is 6.61 Å². The Balaban J connectivity index is 2.14. The summed E-state index contributed by atoms with van der Waals surface area (Å²) in [6.45, 7) is 0.0179. The second-order valence-corrected chi connectivity index (χ2v) is 4.78. The third-order valence-electron chi connectivity index (χ3n) is 3.30. The first-order valence-corrected chi connectivity index (χ1v) is 7.16. The summed E-state index contributed by atoms with van der Waals surface area (Å²) < 4.78 is 10.4. The van der Waals surface area contributed by atoms with E-state index in [1.54, 1.807) is 31.4 Å². The number of anilines is 2. The zero-order chi connectivity index (χ0) is 16.7. The predicted molar refractivity (Wildman–Crippen MR) is 89.4 cm³/mol. The number of aliphatic hydroxyl groups is 1. The molecular weight excluding hydrogens is 296 g/mol. The topological polar surface area (TPSA) is 79.8 Å². The molecule has 0 aliphatic carbocycles. The molecule has 0 aliphatic rings. The van der Waals surface area contributed by atoms with Gasteiger partial charge in [-0.25, -0.2) is 4.79 Å². The van der Waals surface area contributed by atoms with Crippen molar-refractivity contribution < 1.29 is 19.4 Å². The van der Waals surface area contributed by atoms with E-state index in [1.807, 2.05) is 18.2 Å². The quantitative estimate of drug-likeness (QED) is 0.765. The van der Waals surface area contributed by atoms with Crippen molar-refractivity contribution in [2.45, 2.75) is 6.42 Å². The van der Waals surface area contributed by atoms with Gasteiger partial charge in [-0.2, -0.15) is 0 Å². The number of benzene rings is 2. The lowest BCUT2D eigenvalue weighted by molar-refractivity contribution is 0.262. The minimum atomic E-state index is -0.401. The first-order chi connectivity index (χ1) is 11.2. The average molecular weight is 316 g/mol. The predicted octanol–water partition coefficient (Wildman–Crippen LogP) is 2.88. The maximum Gasteiger partial charge on any atom is 0.323 e. The number of carbonyl (C=O) groups excluding carboxylic acids is 1. The van der Waals surface area contributed by atoms with E-state index in [2.05, 4.69) is 10.6 Å². The van der Waals surface area contributed by atoms with Gasteiger partial charge in [-0.05, 0) is 30.2 Å². The molecule has 0 heterocycles. The highest BCUT2D eigenvalue weighted by atomic mass is 16.5. The van der Waals surface area contributed by atoms with Crippen molar-refractivity contribution in [1.82, 2.24) is 0 Å². The third-order valence-corrected chi connectivity index (χ3v) is 3.30. The normalized spacial score (nSPS) is 10.0. The van der Waals surface area contributed by atoms with Crippen LogP contribution in [-0.4, -0.2) is 32.0 Å². The molecule has 3 N–H and O–H groups in total. The lowest BCUT2D eigenvalue weighted by Gasteiger charge is -2.14. The average Bonchev–Trinajstić information content (AvgIpc) is 2.56. The first kappa shape index (κ1) is 16.6. The second-order valence-electron chi connectivity index (χ2n) is 4.78. The molecule has 0 spiro atoms. The van der Waals surface area contributed by atoms with Gasteiger partial charge in [-0.3, -0.25) is 0 Å². The number of aliphatic hydroxyl groups excluding tert-OH is 1. The monoisotopic (exact) mass is 316 g/mol. The molecule has 6 nitrogen and oxygen atoms in total. The summed E-state index contributed by atoms with van der Waals surface area (Å²) in [5.74, 6) is 1.14. The molecule has 0 fully saturated rings. The molecule has 2 amide bonds. The Bertz CT molecular complexity index is 673. The number of hydrogen-bond acceptors (Lipinski definition) is 4. The Hall–Kier alpha value is -2.73. The van der Waals surface area contributed by atoms with Gasteiger partial charge in [-0.15, -0.1) is 0 Å². The van der Waals surface area contributed by atoms with E-state index in [9.17, 15) is 4.79 Å². The summed E-state index contributed by atoms with van der Waals surface area (Å²) in [4.78, 5) is 12.2. The molecular formula is C17H20N2O4. The summed E-state index contributed by atoms with van der Waals surface area (Å²) in [5.41, 5.74) is 2.02. The number of ether oxygens (including phenoxy) is 2. The third kappa shape index (κ3) is 4.37. The Morgan fingerprint density at radius 1 is 1.04 bits per heavy atom. The van der Waals surface area contributed by atoms with Gasteiger partial charge in [-0.1, -0.05) is 18.2 Å². The highest BCUT2D eigenvalue weighted by Gasteiger charge is 2.10. The molecule has 6 heteroatoms. The van der Waals surface area contributed by atoms with Crippen molar-refractivity contribution in [2.24, 2.45) is 0 Å². The van der Waals surface area contributed by atoms with E-state index >= 15 is 0 Å². The van der Waals surface area contributed by atoms with Crippen LogP contribution in [0.2, 0.25) is 0 Å². The number of amides is 2. The molecule has 0 bridgehead atoms. The van der Waals surface area contributed by atoms with Crippen LogP contribution in [0.15, 0.2) is 42.5 Å².